The number of thioether (sulfide) groups is 1. The molecule has 1 atom stereocenters. The third kappa shape index (κ3) is 4.60. The Hall–Kier alpha value is -2.60. The van der Waals surface area contributed by atoms with Gasteiger partial charge in [-0.2, -0.15) is 0 Å². The van der Waals surface area contributed by atoms with Gasteiger partial charge in [0.15, 0.2) is 5.78 Å². The molecule has 6 heteroatoms. The normalized spacial score (nSPS) is 19.5. The van der Waals surface area contributed by atoms with Crippen LogP contribution in [-0.4, -0.2) is 48.4 Å². The van der Waals surface area contributed by atoms with Crippen LogP contribution in [0.25, 0.3) is 0 Å². The zero-order chi connectivity index (χ0) is 22.8. The highest BCUT2D eigenvalue weighted by molar-refractivity contribution is 7.98. The summed E-state index contributed by atoms with van der Waals surface area (Å²) in [6, 6.07) is 13.8. The molecule has 2 aromatic rings. The van der Waals surface area contributed by atoms with Crippen LogP contribution in [0, 0.1) is 25.7 Å². The summed E-state index contributed by atoms with van der Waals surface area (Å²) < 4.78 is 0. The Kier molecular flexibility index (Phi) is 6.70. The Morgan fingerprint density at radius 1 is 0.969 bits per heavy atom. The van der Waals surface area contributed by atoms with Gasteiger partial charge in [0, 0.05) is 48.1 Å². The topological polar surface area (TPSA) is 57.7 Å². The molecule has 2 saturated heterocycles. The number of benzene rings is 2. The average Bonchev–Trinajstić information content (AvgIpc) is 3.20. The standard InChI is InChI=1S/C26H30N2O3S/c1-17-4-9-23(18(2)14-17)25(30)19-10-12-27(13-11-19)26(31)20-15-24(29)28(16-20)21-5-7-22(32-3)8-6-21/h4-9,14,19-20H,10-13,15-16H2,1-3H3. The predicted molar refractivity (Wildman–Crippen MR) is 128 cm³/mol. The number of Topliss-reactive ketones (excluding diaryl/α,β-unsaturated/α-hetero) is 1. The zero-order valence-corrected chi connectivity index (χ0v) is 19.8. The first-order chi connectivity index (χ1) is 15.4. The van der Waals surface area contributed by atoms with Crippen LogP contribution < -0.4 is 4.90 Å². The van der Waals surface area contributed by atoms with Gasteiger partial charge in [-0.15, -0.1) is 11.8 Å². The fourth-order valence-corrected chi connectivity index (χ4v) is 5.22. The molecule has 2 heterocycles. The number of piperidine rings is 1. The van der Waals surface area contributed by atoms with Crippen LogP contribution >= 0.6 is 11.8 Å². The highest BCUT2D eigenvalue weighted by Crippen LogP contribution is 2.30. The van der Waals surface area contributed by atoms with Crippen molar-refractivity contribution >= 4 is 35.0 Å². The van der Waals surface area contributed by atoms with E-state index in [-0.39, 0.29) is 35.9 Å². The Balaban J connectivity index is 1.35. The number of aryl methyl sites for hydroxylation is 2. The van der Waals surface area contributed by atoms with E-state index < -0.39 is 0 Å². The molecule has 0 spiro atoms. The van der Waals surface area contributed by atoms with Crippen LogP contribution in [0.2, 0.25) is 0 Å². The maximum absolute atomic E-state index is 13.1. The molecular formula is C26H30N2O3S. The van der Waals surface area contributed by atoms with Crippen molar-refractivity contribution in [3.05, 3.63) is 59.2 Å². The van der Waals surface area contributed by atoms with Crippen molar-refractivity contribution in [3.63, 3.8) is 0 Å². The molecule has 2 aromatic carbocycles. The summed E-state index contributed by atoms with van der Waals surface area (Å²) in [4.78, 5) is 43.4. The van der Waals surface area contributed by atoms with E-state index >= 15 is 0 Å². The first kappa shape index (κ1) is 22.6. The summed E-state index contributed by atoms with van der Waals surface area (Å²) >= 11 is 1.66. The fourth-order valence-electron chi connectivity index (χ4n) is 4.81. The van der Waals surface area contributed by atoms with E-state index in [2.05, 4.69) is 0 Å². The third-order valence-corrected chi connectivity index (χ3v) is 7.43. The lowest BCUT2D eigenvalue weighted by Gasteiger charge is -2.33. The molecule has 168 valence electrons. The summed E-state index contributed by atoms with van der Waals surface area (Å²) in [6.45, 7) is 5.59. The molecule has 0 aromatic heterocycles. The second-order valence-corrected chi connectivity index (χ2v) is 9.77. The van der Waals surface area contributed by atoms with Gasteiger partial charge in [-0.25, -0.2) is 0 Å². The van der Waals surface area contributed by atoms with E-state index in [1.54, 1.807) is 16.7 Å². The molecule has 2 amide bonds. The number of anilines is 1. The molecule has 2 aliphatic heterocycles. The quantitative estimate of drug-likeness (QED) is 0.497. The summed E-state index contributed by atoms with van der Waals surface area (Å²) in [6.07, 6.45) is 3.63. The van der Waals surface area contributed by atoms with Gasteiger partial charge in [-0.05, 0) is 62.8 Å². The molecule has 0 aliphatic carbocycles. The minimum Gasteiger partial charge on any atom is -0.342 e. The van der Waals surface area contributed by atoms with E-state index in [0.717, 1.165) is 27.3 Å². The molecule has 0 bridgehead atoms. The van der Waals surface area contributed by atoms with Gasteiger partial charge in [0.2, 0.25) is 11.8 Å². The van der Waals surface area contributed by atoms with Gasteiger partial charge in [0.25, 0.3) is 0 Å². The van der Waals surface area contributed by atoms with Crippen LogP contribution in [0.15, 0.2) is 47.4 Å². The predicted octanol–water partition coefficient (Wildman–Crippen LogP) is 4.50. The minimum absolute atomic E-state index is 0.000150. The van der Waals surface area contributed by atoms with Crippen molar-refractivity contribution < 1.29 is 14.4 Å². The molecule has 5 nitrogen and oxygen atoms in total. The van der Waals surface area contributed by atoms with Gasteiger partial charge in [0.05, 0.1) is 5.92 Å². The van der Waals surface area contributed by atoms with E-state index in [1.165, 1.54) is 0 Å². The highest BCUT2D eigenvalue weighted by Gasteiger charge is 2.38. The monoisotopic (exact) mass is 450 g/mol. The number of ketones is 1. The molecule has 2 aliphatic rings. The van der Waals surface area contributed by atoms with Crippen molar-refractivity contribution in [2.45, 2.75) is 38.0 Å². The molecule has 0 radical (unpaired) electrons. The van der Waals surface area contributed by atoms with Crippen LogP contribution in [0.5, 0.6) is 0 Å². The SMILES string of the molecule is CSc1ccc(N2CC(C(=O)N3CCC(C(=O)c4ccc(C)cc4C)CC3)CC2=O)cc1. The van der Waals surface area contributed by atoms with Crippen molar-refractivity contribution in [1.82, 2.24) is 4.90 Å². The maximum atomic E-state index is 13.1. The number of amides is 2. The number of rotatable bonds is 5. The lowest BCUT2D eigenvalue weighted by atomic mass is 9.86. The summed E-state index contributed by atoms with van der Waals surface area (Å²) in [5.41, 5.74) is 3.81. The molecule has 0 N–H and O–H groups in total. The number of carbonyl (C=O) groups is 3. The van der Waals surface area contributed by atoms with E-state index in [0.29, 0.717) is 32.5 Å². The van der Waals surface area contributed by atoms with Crippen molar-refractivity contribution in [2.24, 2.45) is 11.8 Å². The van der Waals surface area contributed by atoms with Crippen molar-refractivity contribution in [3.8, 4) is 0 Å². The van der Waals surface area contributed by atoms with Crippen LogP contribution in [-0.2, 0) is 9.59 Å². The van der Waals surface area contributed by atoms with Crippen LogP contribution in [0.1, 0.15) is 40.7 Å². The first-order valence-corrected chi connectivity index (χ1v) is 12.4. The first-order valence-electron chi connectivity index (χ1n) is 11.2. The maximum Gasteiger partial charge on any atom is 0.228 e. The third-order valence-electron chi connectivity index (χ3n) is 6.68. The largest absolute Gasteiger partial charge is 0.342 e. The molecule has 0 saturated carbocycles. The Morgan fingerprint density at radius 2 is 1.66 bits per heavy atom. The minimum atomic E-state index is -0.311. The van der Waals surface area contributed by atoms with Crippen molar-refractivity contribution in [2.75, 3.05) is 30.8 Å². The Morgan fingerprint density at radius 3 is 2.28 bits per heavy atom. The average molecular weight is 451 g/mol. The lowest BCUT2D eigenvalue weighted by Crippen LogP contribution is -2.43. The van der Waals surface area contributed by atoms with Gasteiger partial charge in [0.1, 0.15) is 0 Å². The number of hydrogen-bond donors (Lipinski definition) is 0. The van der Waals surface area contributed by atoms with Crippen LogP contribution in [0.3, 0.4) is 0 Å². The summed E-state index contributed by atoms with van der Waals surface area (Å²) in [7, 11) is 0. The number of carbonyl (C=O) groups excluding carboxylic acids is 3. The van der Waals surface area contributed by atoms with E-state index in [1.807, 2.05) is 67.5 Å². The van der Waals surface area contributed by atoms with Gasteiger partial charge < -0.3 is 9.80 Å². The Labute approximate surface area is 194 Å². The van der Waals surface area contributed by atoms with Gasteiger partial charge >= 0.3 is 0 Å². The van der Waals surface area contributed by atoms with E-state index in [9.17, 15) is 14.4 Å². The number of likely N-dealkylation sites (tertiary alicyclic amines) is 1. The zero-order valence-electron chi connectivity index (χ0n) is 19.0. The Bertz CT molecular complexity index is 1030. The molecule has 2 fully saturated rings. The van der Waals surface area contributed by atoms with Crippen molar-refractivity contribution in [1.29, 1.82) is 0 Å². The van der Waals surface area contributed by atoms with E-state index in [4.69, 9.17) is 0 Å². The molecule has 32 heavy (non-hydrogen) atoms. The number of nitrogens with zero attached hydrogens (tertiary/aromatic N) is 2. The molecular weight excluding hydrogens is 420 g/mol. The van der Waals surface area contributed by atoms with Gasteiger partial charge in [-0.3, -0.25) is 14.4 Å². The second-order valence-electron chi connectivity index (χ2n) is 8.89. The number of hydrogen-bond acceptors (Lipinski definition) is 4. The summed E-state index contributed by atoms with van der Waals surface area (Å²) in [5.74, 6) is -0.129. The lowest BCUT2D eigenvalue weighted by molar-refractivity contribution is -0.137. The molecule has 1 unspecified atom stereocenters. The van der Waals surface area contributed by atoms with Gasteiger partial charge in [-0.1, -0.05) is 23.8 Å². The summed E-state index contributed by atoms with van der Waals surface area (Å²) in [5, 5.41) is 0. The highest BCUT2D eigenvalue weighted by atomic mass is 32.2. The smallest absolute Gasteiger partial charge is 0.228 e. The molecule has 4 rings (SSSR count). The second kappa shape index (κ2) is 9.49. The fraction of sp³-hybridized carbons (Fsp3) is 0.423. The van der Waals surface area contributed by atoms with Crippen LogP contribution in [0.4, 0.5) is 5.69 Å².